The van der Waals surface area contributed by atoms with Crippen LogP contribution in [-0.2, 0) is 22.9 Å². The maximum atomic E-state index is 12.9. The zero-order valence-electron chi connectivity index (χ0n) is 12.1. The van der Waals surface area contributed by atoms with E-state index in [1.807, 2.05) is 17.5 Å². The van der Waals surface area contributed by atoms with Crippen LogP contribution in [0.1, 0.15) is 24.0 Å². The highest BCUT2D eigenvalue weighted by Gasteiger charge is 2.26. The molecular weight excluding hydrogens is 398 g/mol. The number of benzene rings is 1. The van der Waals surface area contributed by atoms with Crippen LogP contribution in [0.25, 0.3) is 4.96 Å². The van der Waals surface area contributed by atoms with E-state index in [4.69, 9.17) is 0 Å². The van der Waals surface area contributed by atoms with E-state index in [1.165, 1.54) is 16.9 Å². The van der Waals surface area contributed by atoms with Crippen LogP contribution >= 0.6 is 27.3 Å². The summed E-state index contributed by atoms with van der Waals surface area (Å²) < 4.78 is 30.5. The van der Waals surface area contributed by atoms with E-state index >= 15 is 0 Å². The Morgan fingerprint density at radius 1 is 1.26 bits per heavy atom. The summed E-state index contributed by atoms with van der Waals surface area (Å²) in [4.78, 5) is 4.89. The lowest BCUT2D eigenvalue weighted by Crippen LogP contribution is -2.17. The molecule has 0 saturated heterocycles. The van der Waals surface area contributed by atoms with Gasteiger partial charge in [0.1, 0.15) is 4.60 Å². The maximum Gasteiger partial charge on any atom is 0.280 e. The van der Waals surface area contributed by atoms with Gasteiger partial charge in [-0.2, -0.15) is 8.42 Å². The zero-order valence-corrected chi connectivity index (χ0v) is 15.3. The predicted octanol–water partition coefficient (Wildman–Crippen LogP) is 3.84. The van der Waals surface area contributed by atoms with Crippen molar-refractivity contribution in [2.45, 2.75) is 30.7 Å². The summed E-state index contributed by atoms with van der Waals surface area (Å²) >= 11 is 4.67. The number of rotatable bonds is 3. The Balaban J connectivity index is 1.79. The molecule has 0 radical (unpaired) electrons. The van der Waals surface area contributed by atoms with E-state index in [9.17, 15) is 8.42 Å². The summed E-state index contributed by atoms with van der Waals surface area (Å²) in [5.74, 6) is 0. The lowest BCUT2D eigenvalue weighted by atomic mass is 9.91. The summed E-state index contributed by atoms with van der Waals surface area (Å²) in [6.07, 6.45) is 5.89. The fourth-order valence-corrected chi connectivity index (χ4v) is 6.19. The highest BCUT2D eigenvalue weighted by atomic mass is 79.9. The molecule has 1 N–H and O–H groups in total. The SMILES string of the molecule is O=S(=O)(Nc1cccc2c1CCCC2)c1c(Br)nc2sccn12. The summed E-state index contributed by atoms with van der Waals surface area (Å²) in [7, 11) is -3.72. The predicted molar refractivity (Wildman–Crippen MR) is 94.7 cm³/mol. The number of aryl methyl sites for hydroxylation is 1. The Labute approximate surface area is 146 Å². The van der Waals surface area contributed by atoms with Gasteiger partial charge < -0.3 is 0 Å². The normalized spacial score (nSPS) is 14.8. The van der Waals surface area contributed by atoms with Crippen LogP contribution in [0.15, 0.2) is 39.4 Å². The number of nitrogens with zero attached hydrogens (tertiary/aromatic N) is 2. The van der Waals surface area contributed by atoms with Gasteiger partial charge in [0.15, 0.2) is 9.99 Å². The number of nitrogens with one attached hydrogen (secondary N) is 1. The molecule has 2 heterocycles. The lowest BCUT2D eigenvalue weighted by molar-refractivity contribution is 0.595. The molecule has 0 saturated carbocycles. The van der Waals surface area contributed by atoms with Gasteiger partial charge in [-0.1, -0.05) is 12.1 Å². The van der Waals surface area contributed by atoms with Gasteiger partial charge in [-0.25, -0.2) is 4.98 Å². The molecule has 120 valence electrons. The molecule has 0 bridgehead atoms. The van der Waals surface area contributed by atoms with E-state index in [0.29, 0.717) is 15.3 Å². The number of aromatic nitrogens is 2. The average molecular weight is 412 g/mol. The number of fused-ring (bicyclic) bond motifs is 2. The topological polar surface area (TPSA) is 63.5 Å². The number of sulfonamides is 1. The van der Waals surface area contributed by atoms with Crippen molar-refractivity contribution in [1.29, 1.82) is 0 Å². The first-order valence-electron chi connectivity index (χ1n) is 7.31. The van der Waals surface area contributed by atoms with Crippen LogP contribution in [0.4, 0.5) is 5.69 Å². The minimum absolute atomic E-state index is 0.141. The number of anilines is 1. The van der Waals surface area contributed by atoms with Gasteiger partial charge >= 0.3 is 0 Å². The van der Waals surface area contributed by atoms with Crippen molar-refractivity contribution in [3.63, 3.8) is 0 Å². The second-order valence-corrected chi connectivity index (χ2v) is 8.74. The Bertz CT molecular complexity index is 991. The minimum Gasteiger partial charge on any atom is -0.278 e. The molecular formula is C15H14BrN3O2S2. The van der Waals surface area contributed by atoms with Crippen molar-refractivity contribution in [3.8, 4) is 0 Å². The molecule has 0 spiro atoms. The molecule has 1 aliphatic carbocycles. The molecule has 0 atom stereocenters. The van der Waals surface area contributed by atoms with Gasteiger partial charge in [-0.05, 0) is 58.8 Å². The van der Waals surface area contributed by atoms with Crippen molar-refractivity contribution >= 4 is 47.9 Å². The standard InChI is InChI=1S/C15H14BrN3O2S2/c16-13-14(19-8-9-22-15(19)17-13)23(20,21)18-12-7-3-5-10-4-1-2-6-11(10)12/h3,5,7-9,18H,1-2,4,6H2. The molecule has 1 aromatic carbocycles. The molecule has 0 fully saturated rings. The summed E-state index contributed by atoms with van der Waals surface area (Å²) in [5, 5.41) is 1.96. The Morgan fingerprint density at radius 2 is 2.09 bits per heavy atom. The third-order valence-corrected chi connectivity index (χ3v) is 7.03. The molecule has 2 aromatic heterocycles. The van der Waals surface area contributed by atoms with Crippen molar-refractivity contribution in [3.05, 3.63) is 45.5 Å². The second kappa shape index (κ2) is 5.61. The highest BCUT2D eigenvalue weighted by Crippen LogP contribution is 2.31. The van der Waals surface area contributed by atoms with E-state index in [1.54, 1.807) is 10.6 Å². The van der Waals surface area contributed by atoms with Gasteiger partial charge in [0.25, 0.3) is 10.0 Å². The van der Waals surface area contributed by atoms with Crippen LogP contribution in [0.3, 0.4) is 0 Å². The molecule has 0 unspecified atom stereocenters. The molecule has 5 nitrogen and oxygen atoms in total. The van der Waals surface area contributed by atoms with E-state index < -0.39 is 10.0 Å². The van der Waals surface area contributed by atoms with Crippen LogP contribution in [0.5, 0.6) is 0 Å². The number of thiazole rings is 1. The molecule has 4 rings (SSSR count). The first kappa shape index (κ1) is 15.2. The van der Waals surface area contributed by atoms with Gasteiger partial charge in [0, 0.05) is 11.6 Å². The van der Waals surface area contributed by atoms with Crippen LogP contribution in [-0.4, -0.2) is 17.8 Å². The number of halogens is 1. The number of hydrogen-bond acceptors (Lipinski definition) is 4. The third-order valence-electron chi connectivity index (χ3n) is 4.07. The van der Waals surface area contributed by atoms with E-state index in [2.05, 4.69) is 31.7 Å². The van der Waals surface area contributed by atoms with Crippen molar-refractivity contribution in [2.75, 3.05) is 4.72 Å². The van der Waals surface area contributed by atoms with Crippen molar-refractivity contribution in [2.24, 2.45) is 0 Å². The van der Waals surface area contributed by atoms with Crippen LogP contribution in [0.2, 0.25) is 0 Å². The van der Waals surface area contributed by atoms with E-state index in [0.717, 1.165) is 31.2 Å². The highest BCUT2D eigenvalue weighted by molar-refractivity contribution is 9.10. The molecule has 23 heavy (non-hydrogen) atoms. The largest absolute Gasteiger partial charge is 0.280 e. The Morgan fingerprint density at radius 3 is 2.96 bits per heavy atom. The summed E-state index contributed by atoms with van der Waals surface area (Å²) in [6.45, 7) is 0. The van der Waals surface area contributed by atoms with Crippen LogP contribution < -0.4 is 4.72 Å². The fourth-order valence-electron chi connectivity index (χ4n) is 3.05. The van der Waals surface area contributed by atoms with Gasteiger partial charge in [-0.15, -0.1) is 11.3 Å². The third kappa shape index (κ3) is 2.58. The van der Waals surface area contributed by atoms with Gasteiger partial charge in [0.2, 0.25) is 0 Å². The Hall–Kier alpha value is -1.38. The lowest BCUT2D eigenvalue weighted by Gasteiger charge is -2.20. The first-order valence-corrected chi connectivity index (χ1v) is 10.5. The molecule has 1 aliphatic rings. The maximum absolute atomic E-state index is 12.9. The second-order valence-electron chi connectivity index (χ2n) is 5.52. The van der Waals surface area contributed by atoms with E-state index in [-0.39, 0.29) is 5.03 Å². The average Bonchev–Trinajstić information content (AvgIpc) is 3.06. The molecule has 0 aliphatic heterocycles. The van der Waals surface area contributed by atoms with Gasteiger partial charge in [0.05, 0.1) is 5.69 Å². The quantitative estimate of drug-likeness (QED) is 0.711. The molecule has 3 aromatic rings. The van der Waals surface area contributed by atoms with Gasteiger partial charge in [-0.3, -0.25) is 9.12 Å². The summed E-state index contributed by atoms with van der Waals surface area (Å²) in [6, 6.07) is 5.83. The number of imidazole rings is 1. The zero-order chi connectivity index (χ0) is 16.0. The Kier molecular flexibility index (Phi) is 3.70. The first-order chi connectivity index (χ1) is 11.1. The monoisotopic (exact) mass is 411 g/mol. The molecule has 8 heteroatoms. The van der Waals surface area contributed by atoms with Crippen LogP contribution in [0, 0.1) is 0 Å². The fraction of sp³-hybridized carbons (Fsp3) is 0.267. The summed E-state index contributed by atoms with van der Waals surface area (Å²) in [5.41, 5.74) is 3.04. The smallest absolute Gasteiger partial charge is 0.278 e. The number of hydrogen-bond donors (Lipinski definition) is 1. The molecule has 0 amide bonds. The van der Waals surface area contributed by atoms with Crippen molar-refractivity contribution in [1.82, 2.24) is 9.38 Å². The van der Waals surface area contributed by atoms with Crippen molar-refractivity contribution < 1.29 is 8.42 Å². The minimum atomic E-state index is -3.72.